The number of hydrogen-bond acceptors (Lipinski definition) is 2. The van der Waals surface area contributed by atoms with E-state index >= 15 is 0 Å². The number of unbranched alkanes of at least 4 members (excludes halogenated alkanes) is 1. The molecular weight excluding hydrogens is 210 g/mol. The predicted molar refractivity (Wildman–Crippen MR) is 74.4 cm³/mol. The molecule has 2 nitrogen and oxygen atoms in total. The highest BCUT2D eigenvalue weighted by molar-refractivity contribution is 4.84. The summed E-state index contributed by atoms with van der Waals surface area (Å²) in [5.41, 5.74) is 0. The Kier molecular flexibility index (Phi) is 7.87. The second-order valence-electron chi connectivity index (χ2n) is 5.44. The first-order valence-corrected chi connectivity index (χ1v) is 7.65. The third-order valence-electron chi connectivity index (χ3n) is 3.80. The smallest absolute Gasteiger partial charge is 0.0580 e. The minimum absolute atomic E-state index is 0.572. The summed E-state index contributed by atoms with van der Waals surface area (Å²) < 4.78 is 5.63. The molecule has 1 aliphatic carbocycles. The molecule has 102 valence electrons. The van der Waals surface area contributed by atoms with Gasteiger partial charge in [0.15, 0.2) is 0 Å². The molecule has 0 spiro atoms. The number of rotatable bonds is 10. The van der Waals surface area contributed by atoms with Crippen molar-refractivity contribution in [1.82, 2.24) is 5.32 Å². The molecule has 17 heavy (non-hydrogen) atoms. The van der Waals surface area contributed by atoms with Crippen molar-refractivity contribution in [1.29, 1.82) is 0 Å². The predicted octanol–water partition coefficient (Wildman–Crippen LogP) is 3.75. The summed E-state index contributed by atoms with van der Waals surface area (Å²) in [6, 6.07) is 0.752. The molecule has 0 amide bonds. The van der Waals surface area contributed by atoms with E-state index in [1.807, 2.05) is 0 Å². The van der Waals surface area contributed by atoms with Gasteiger partial charge in [-0.15, -0.1) is 0 Å². The maximum atomic E-state index is 5.63. The Hall–Kier alpha value is -0.0800. The molecule has 1 rings (SSSR count). The summed E-state index contributed by atoms with van der Waals surface area (Å²) in [5, 5.41) is 3.71. The zero-order valence-electron chi connectivity index (χ0n) is 12.0. The minimum atomic E-state index is 0.572. The molecule has 0 aromatic heterocycles. The molecule has 1 aliphatic rings. The van der Waals surface area contributed by atoms with E-state index in [0.29, 0.717) is 6.10 Å². The van der Waals surface area contributed by atoms with Gasteiger partial charge in [0.1, 0.15) is 0 Å². The Morgan fingerprint density at radius 2 is 1.94 bits per heavy atom. The van der Waals surface area contributed by atoms with E-state index in [-0.39, 0.29) is 0 Å². The van der Waals surface area contributed by atoms with Crippen LogP contribution in [0.1, 0.15) is 65.7 Å². The van der Waals surface area contributed by atoms with E-state index in [0.717, 1.165) is 18.6 Å². The molecule has 2 heteroatoms. The van der Waals surface area contributed by atoms with Crippen molar-refractivity contribution >= 4 is 0 Å². The fourth-order valence-corrected chi connectivity index (χ4v) is 2.74. The average Bonchev–Trinajstić information content (AvgIpc) is 2.29. The van der Waals surface area contributed by atoms with Crippen LogP contribution < -0.4 is 5.32 Å². The third kappa shape index (κ3) is 5.87. The van der Waals surface area contributed by atoms with Gasteiger partial charge in [0, 0.05) is 12.6 Å². The molecule has 1 N–H and O–H groups in total. The molecular formula is C15H31NO. The molecule has 0 aliphatic heterocycles. The normalized spacial score (nSPS) is 25.6. The van der Waals surface area contributed by atoms with Crippen LogP contribution in [0.4, 0.5) is 0 Å². The molecule has 1 saturated carbocycles. The highest BCUT2D eigenvalue weighted by Gasteiger charge is 2.30. The maximum Gasteiger partial charge on any atom is 0.0580 e. The summed E-state index contributed by atoms with van der Waals surface area (Å²) in [4.78, 5) is 0. The molecule has 0 aromatic carbocycles. The second kappa shape index (κ2) is 8.93. The molecule has 0 heterocycles. The maximum absolute atomic E-state index is 5.63. The van der Waals surface area contributed by atoms with Crippen LogP contribution in [0, 0.1) is 5.92 Å². The van der Waals surface area contributed by atoms with Gasteiger partial charge in [0.05, 0.1) is 6.10 Å². The molecule has 0 radical (unpaired) electrons. The summed E-state index contributed by atoms with van der Waals surface area (Å²) in [6.45, 7) is 8.69. The lowest BCUT2D eigenvalue weighted by atomic mass is 9.77. The van der Waals surface area contributed by atoms with Gasteiger partial charge < -0.3 is 10.1 Å². The quantitative estimate of drug-likeness (QED) is 0.629. The highest BCUT2D eigenvalue weighted by Crippen LogP contribution is 2.34. The van der Waals surface area contributed by atoms with Crippen molar-refractivity contribution in [3.8, 4) is 0 Å². The van der Waals surface area contributed by atoms with Crippen molar-refractivity contribution < 1.29 is 4.74 Å². The molecule has 1 fully saturated rings. The highest BCUT2D eigenvalue weighted by atomic mass is 16.5. The van der Waals surface area contributed by atoms with Crippen molar-refractivity contribution in [3.63, 3.8) is 0 Å². The second-order valence-corrected chi connectivity index (χ2v) is 5.44. The van der Waals surface area contributed by atoms with Gasteiger partial charge in [0.2, 0.25) is 0 Å². The number of ether oxygens (including phenoxy) is 1. The largest absolute Gasteiger partial charge is 0.378 e. The van der Waals surface area contributed by atoms with E-state index < -0.39 is 0 Å². The van der Waals surface area contributed by atoms with E-state index in [1.54, 1.807) is 0 Å². The van der Waals surface area contributed by atoms with Gasteiger partial charge in [-0.2, -0.15) is 0 Å². The first-order chi connectivity index (χ1) is 8.30. The van der Waals surface area contributed by atoms with Crippen LogP contribution in [0.5, 0.6) is 0 Å². The minimum Gasteiger partial charge on any atom is -0.378 e. The molecule has 0 bridgehead atoms. The monoisotopic (exact) mass is 241 g/mol. The Balaban J connectivity index is 2.15. The SMILES string of the molecule is CCCCC(CC1CC(OCC)C1)NCCC. The third-order valence-corrected chi connectivity index (χ3v) is 3.80. The topological polar surface area (TPSA) is 21.3 Å². The lowest BCUT2D eigenvalue weighted by Crippen LogP contribution is -2.38. The van der Waals surface area contributed by atoms with Gasteiger partial charge in [-0.1, -0.05) is 26.7 Å². The Morgan fingerprint density at radius 3 is 2.53 bits per heavy atom. The van der Waals surface area contributed by atoms with Gasteiger partial charge in [-0.25, -0.2) is 0 Å². The van der Waals surface area contributed by atoms with Gasteiger partial charge in [-0.05, 0) is 51.5 Å². The van der Waals surface area contributed by atoms with Crippen LogP contribution in [-0.4, -0.2) is 25.3 Å². The van der Waals surface area contributed by atoms with Crippen LogP contribution in [0.3, 0.4) is 0 Å². The van der Waals surface area contributed by atoms with Crippen LogP contribution >= 0.6 is 0 Å². The van der Waals surface area contributed by atoms with Crippen LogP contribution in [0.2, 0.25) is 0 Å². The summed E-state index contributed by atoms with van der Waals surface area (Å²) >= 11 is 0. The fourth-order valence-electron chi connectivity index (χ4n) is 2.74. The van der Waals surface area contributed by atoms with Crippen molar-refractivity contribution in [2.24, 2.45) is 5.92 Å². The Morgan fingerprint density at radius 1 is 1.18 bits per heavy atom. The van der Waals surface area contributed by atoms with E-state index in [9.17, 15) is 0 Å². The Bertz CT molecular complexity index is 170. The van der Waals surface area contributed by atoms with Crippen molar-refractivity contribution in [2.45, 2.75) is 77.9 Å². The summed E-state index contributed by atoms with van der Waals surface area (Å²) in [7, 11) is 0. The van der Waals surface area contributed by atoms with E-state index in [1.165, 1.54) is 51.5 Å². The van der Waals surface area contributed by atoms with Gasteiger partial charge in [-0.3, -0.25) is 0 Å². The zero-order valence-corrected chi connectivity index (χ0v) is 12.0. The number of hydrogen-bond donors (Lipinski definition) is 1. The van der Waals surface area contributed by atoms with Crippen molar-refractivity contribution in [3.05, 3.63) is 0 Å². The van der Waals surface area contributed by atoms with Crippen LogP contribution in [-0.2, 0) is 4.74 Å². The molecule has 1 atom stereocenters. The Labute approximate surface area is 108 Å². The lowest BCUT2D eigenvalue weighted by molar-refractivity contribution is -0.0292. The standard InChI is InChI=1S/C15H31NO/c1-4-7-8-14(16-9-5-2)10-13-11-15(12-13)17-6-3/h13-16H,4-12H2,1-3H3. The van der Waals surface area contributed by atoms with E-state index in [2.05, 4.69) is 26.1 Å². The fraction of sp³-hybridized carbons (Fsp3) is 1.00. The molecule has 1 unspecified atom stereocenters. The van der Waals surface area contributed by atoms with Crippen LogP contribution in [0.15, 0.2) is 0 Å². The zero-order chi connectivity index (χ0) is 12.5. The first-order valence-electron chi connectivity index (χ1n) is 7.65. The average molecular weight is 241 g/mol. The summed E-state index contributed by atoms with van der Waals surface area (Å²) in [5.74, 6) is 0.915. The summed E-state index contributed by atoms with van der Waals surface area (Å²) in [6.07, 6.45) is 9.81. The molecule has 0 aromatic rings. The van der Waals surface area contributed by atoms with Crippen LogP contribution in [0.25, 0.3) is 0 Å². The molecule has 0 saturated heterocycles. The van der Waals surface area contributed by atoms with E-state index in [4.69, 9.17) is 4.74 Å². The number of nitrogens with one attached hydrogen (secondary N) is 1. The lowest BCUT2D eigenvalue weighted by Gasteiger charge is -2.37. The van der Waals surface area contributed by atoms with Crippen molar-refractivity contribution in [2.75, 3.05) is 13.2 Å². The van der Waals surface area contributed by atoms with Gasteiger partial charge >= 0.3 is 0 Å². The van der Waals surface area contributed by atoms with Gasteiger partial charge in [0.25, 0.3) is 0 Å². The first kappa shape index (κ1) is 15.0.